The normalized spacial score (nSPS) is 20.9. The van der Waals surface area contributed by atoms with E-state index in [0.29, 0.717) is 11.3 Å². The Balaban J connectivity index is 2.10. The number of ether oxygens (including phenoxy) is 2. The molecular formula is C14H12N2O4. The molecule has 0 aliphatic carbocycles. The molecule has 102 valence electrons. The minimum atomic E-state index is -1.02. The number of hydrogen-bond donors (Lipinski definition) is 0. The molecule has 0 bridgehead atoms. The Labute approximate surface area is 114 Å². The SMILES string of the molecule is COC(=O)C1Oc2ccccc2C(=O)C1n1ccnc1. The second-order valence-electron chi connectivity index (χ2n) is 4.38. The first-order chi connectivity index (χ1) is 9.72. The van der Waals surface area contributed by atoms with Crippen LogP contribution < -0.4 is 4.74 Å². The first-order valence-corrected chi connectivity index (χ1v) is 6.07. The lowest BCUT2D eigenvalue weighted by Gasteiger charge is -2.31. The van der Waals surface area contributed by atoms with Crippen molar-refractivity contribution in [1.29, 1.82) is 0 Å². The van der Waals surface area contributed by atoms with Gasteiger partial charge in [0.05, 0.1) is 19.0 Å². The van der Waals surface area contributed by atoms with Gasteiger partial charge in [-0.25, -0.2) is 9.78 Å². The summed E-state index contributed by atoms with van der Waals surface area (Å²) in [5, 5.41) is 0. The summed E-state index contributed by atoms with van der Waals surface area (Å²) in [5.41, 5.74) is 0.450. The number of hydrogen-bond acceptors (Lipinski definition) is 5. The van der Waals surface area contributed by atoms with E-state index in [2.05, 4.69) is 4.98 Å². The Kier molecular flexibility index (Phi) is 2.98. The predicted octanol–water partition coefficient (Wildman–Crippen LogP) is 1.24. The lowest BCUT2D eigenvalue weighted by atomic mass is 9.95. The van der Waals surface area contributed by atoms with Crippen molar-refractivity contribution in [2.75, 3.05) is 7.11 Å². The Hall–Kier alpha value is -2.63. The number of nitrogens with zero attached hydrogens (tertiary/aromatic N) is 2. The number of esters is 1. The van der Waals surface area contributed by atoms with Gasteiger partial charge in [-0.3, -0.25) is 4.79 Å². The zero-order valence-electron chi connectivity index (χ0n) is 10.7. The van der Waals surface area contributed by atoms with Crippen LogP contribution in [0.2, 0.25) is 0 Å². The minimum Gasteiger partial charge on any atom is -0.475 e. The standard InChI is InChI=1S/C14H12N2O4/c1-19-14(18)13-11(16-7-6-15-8-16)12(17)9-4-2-3-5-10(9)20-13/h2-8,11,13H,1H3. The molecule has 0 saturated carbocycles. The molecule has 1 aliphatic rings. The summed E-state index contributed by atoms with van der Waals surface area (Å²) in [6.45, 7) is 0. The third-order valence-corrected chi connectivity index (χ3v) is 3.24. The van der Waals surface area contributed by atoms with Gasteiger partial charge in [-0.1, -0.05) is 12.1 Å². The number of ketones is 1. The van der Waals surface area contributed by atoms with Gasteiger partial charge in [-0.2, -0.15) is 0 Å². The molecule has 0 amide bonds. The van der Waals surface area contributed by atoms with Crippen LogP contribution in [0, 0.1) is 0 Å². The molecule has 6 heteroatoms. The number of carbonyl (C=O) groups is 2. The summed E-state index contributed by atoms with van der Waals surface area (Å²) in [6.07, 6.45) is 3.63. The van der Waals surface area contributed by atoms with E-state index in [4.69, 9.17) is 9.47 Å². The van der Waals surface area contributed by atoms with Crippen molar-refractivity contribution >= 4 is 11.8 Å². The topological polar surface area (TPSA) is 70.4 Å². The molecule has 6 nitrogen and oxygen atoms in total. The maximum Gasteiger partial charge on any atom is 0.349 e. The molecule has 0 spiro atoms. The molecule has 2 heterocycles. The third kappa shape index (κ3) is 1.85. The molecule has 1 aliphatic heterocycles. The van der Waals surface area contributed by atoms with E-state index in [-0.39, 0.29) is 5.78 Å². The summed E-state index contributed by atoms with van der Waals surface area (Å²) in [5.74, 6) is -0.393. The van der Waals surface area contributed by atoms with Crippen LogP contribution in [0.25, 0.3) is 0 Å². The number of rotatable bonds is 2. The van der Waals surface area contributed by atoms with Crippen LogP contribution >= 0.6 is 0 Å². The van der Waals surface area contributed by atoms with Crippen LogP contribution in [-0.2, 0) is 9.53 Å². The summed E-state index contributed by atoms with van der Waals surface area (Å²) < 4.78 is 11.9. The first kappa shape index (κ1) is 12.4. The van der Waals surface area contributed by atoms with E-state index < -0.39 is 18.1 Å². The second kappa shape index (κ2) is 4.80. The molecule has 2 atom stereocenters. The van der Waals surface area contributed by atoms with Crippen LogP contribution in [0.4, 0.5) is 0 Å². The van der Waals surface area contributed by atoms with E-state index in [9.17, 15) is 9.59 Å². The molecule has 2 unspecified atom stereocenters. The van der Waals surface area contributed by atoms with Gasteiger partial charge in [-0.05, 0) is 12.1 Å². The molecule has 20 heavy (non-hydrogen) atoms. The van der Waals surface area contributed by atoms with E-state index in [1.165, 1.54) is 13.4 Å². The average molecular weight is 272 g/mol. The van der Waals surface area contributed by atoms with Gasteiger partial charge in [-0.15, -0.1) is 0 Å². The molecular weight excluding hydrogens is 260 g/mol. The van der Waals surface area contributed by atoms with Crippen LogP contribution in [-0.4, -0.2) is 34.5 Å². The lowest BCUT2D eigenvalue weighted by Crippen LogP contribution is -2.44. The van der Waals surface area contributed by atoms with Crippen molar-refractivity contribution in [3.63, 3.8) is 0 Å². The molecule has 1 aromatic carbocycles. The summed E-state index contributed by atoms with van der Waals surface area (Å²) in [6, 6.07) is 6.03. The van der Waals surface area contributed by atoms with Crippen LogP contribution in [0.15, 0.2) is 43.0 Å². The Bertz CT molecular complexity index is 651. The van der Waals surface area contributed by atoms with Crippen molar-refractivity contribution < 1.29 is 19.1 Å². The Morgan fingerprint density at radius 2 is 2.20 bits per heavy atom. The third-order valence-electron chi connectivity index (χ3n) is 3.24. The van der Waals surface area contributed by atoms with Crippen molar-refractivity contribution in [2.45, 2.75) is 12.1 Å². The predicted molar refractivity (Wildman–Crippen MR) is 68.5 cm³/mol. The van der Waals surface area contributed by atoms with Crippen molar-refractivity contribution in [3.05, 3.63) is 48.5 Å². The quantitative estimate of drug-likeness (QED) is 0.769. The molecule has 2 aromatic rings. The Morgan fingerprint density at radius 1 is 1.40 bits per heavy atom. The van der Waals surface area contributed by atoms with Gasteiger partial charge in [0.1, 0.15) is 11.8 Å². The van der Waals surface area contributed by atoms with Crippen LogP contribution in [0.5, 0.6) is 5.75 Å². The molecule has 1 aromatic heterocycles. The second-order valence-corrected chi connectivity index (χ2v) is 4.38. The van der Waals surface area contributed by atoms with Gasteiger partial charge in [0.15, 0.2) is 5.78 Å². The number of aromatic nitrogens is 2. The smallest absolute Gasteiger partial charge is 0.349 e. The summed E-state index contributed by atoms with van der Waals surface area (Å²) >= 11 is 0. The van der Waals surface area contributed by atoms with Gasteiger partial charge >= 0.3 is 5.97 Å². The number of fused-ring (bicyclic) bond motifs is 1. The summed E-state index contributed by atoms with van der Waals surface area (Å²) in [4.78, 5) is 28.4. The lowest BCUT2D eigenvalue weighted by molar-refractivity contribution is -0.150. The maximum absolute atomic E-state index is 12.6. The van der Waals surface area contributed by atoms with Crippen LogP contribution in [0.1, 0.15) is 16.4 Å². The Morgan fingerprint density at radius 3 is 2.90 bits per heavy atom. The van der Waals surface area contributed by atoms with Crippen molar-refractivity contribution in [3.8, 4) is 5.75 Å². The summed E-state index contributed by atoms with van der Waals surface area (Å²) in [7, 11) is 1.27. The molecule has 0 saturated heterocycles. The molecule has 3 rings (SSSR count). The van der Waals surface area contributed by atoms with E-state index >= 15 is 0 Å². The number of methoxy groups -OCH3 is 1. The fourth-order valence-electron chi connectivity index (χ4n) is 2.29. The van der Waals surface area contributed by atoms with E-state index in [1.54, 1.807) is 41.2 Å². The average Bonchev–Trinajstić information content (AvgIpc) is 3.00. The number of para-hydroxylation sites is 1. The van der Waals surface area contributed by atoms with Gasteiger partial charge in [0.25, 0.3) is 0 Å². The number of carbonyl (C=O) groups excluding carboxylic acids is 2. The first-order valence-electron chi connectivity index (χ1n) is 6.07. The fourth-order valence-corrected chi connectivity index (χ4v) is 2.29. The highest BCUT2D eigenvalue weighted by Gasteiger charge is 2.43. The van der Waals surface area contributed by atoms with Crippen LogP contribution in [0.3, 0.4) is 0 Å². The van der Waals surface area contributed by atoms with Gasteiger partial charge < -0.3 is 14.0 Å². The zero-order chi connectivity index (χ0) is 14.1. The van der Waals surface area contributed by atoms with E-state index in [1.807, 2.05) is 0 Å². The van der Waals surface area contributed by atoms with Gasteiger partial charge in [0.2, 0.25) is 6.10 Å². The molecule has 0 N–H and O–H groups in total. The monoisotopic (exact) mass is 272 g/mol. The molecule has 0 fully saturated rings. The minimum absolute atomic E-state index is 0.194. The highest BCUT2D eigenvalue weighted by Crippen LogP contribution is 2.33. The number of benzene rings is 1. The van der Waals surface area contributed by atoms with E-state index in [0.717, 1.165) is 0 Å². The largest absolute Gasteiger partial charge is 0.475 e. The number of imidazole rings is 1. The highest BCUT2D eigenvalue weighted by atomic mass is 16.6. The van der Waals surface area contributed by atoms with Gasteiger partial charge in [0, 0.05) is 12.4 Å². The zero-order valence-corrected chi connectivity index (χ0v) is 10.7. The fraction of sp³-hybridized carbons (Fsp3) is 0.214. The van der Waals surface area contributed by atoms with Crippen molar-refractivity contribution in [1.82, 2.24) is 9.55 Å². The molecule has 0 radical (unpaired) electrons. The van der Waals surface area contributed by atoms with Crippen molar-refractivity contribution in [2.24, 2.45) is 0 Å². The highest BCUT2D eigenvalue weighted by molar-refractivity contribution is 6.05. The number of Topliss-reactive ketones (excluding diaryl/α,β-unsaturated/α-hetero) is 1. The maximum atomic E-state index is 12.6.